The summed E-state index contributed by atoms with van der Waals surface area (Å²) in [5.74, 6) is 0.787. The van der Waals surface area contributed by atoms with E-state index < -0.39 is 0 Å². The van der Waals surface area contributed by atoms with Crippen LogP contribution in [-0.2, 0) is 0 Å². The first-order valence-electron chi connectivity index (χ1n) is 4.55. The molecule has 0 spiro atoms. The van der Waals surface area contributed by atoms with E-state index in [-0.39, 0.29) is 6.04 Å². The highest BCUT2D eigenvalue weighted by Gasteiger charge is 2.08. The molecular formula is C10H13N3O. The van der Waals surface area contributed by atoms with E-state index in [0.29, 0.717) is 6.61 Å². The van der Waals surface area contributed by atoms with E-state index in [1.54, 1.807) is 0 Å². The fourth-order valence-corrected chi connectivity index (χ4v) is 1.25. The predicted octanol–water partition coefficient (Wildman–Crippen LogP) is 3.46. The molecule has 0 aromatic heterocycles. The van der Waals surface area contributed by atoms with Gasteiger partial charge in [0.25, 0.3) is 0 Å². The van der Waals surface area contributed by atoms with Crippen molar-refractivity contribution in [3.05, 3.63) is 40.3 Å². The molecule has 1 aromatic carbocycles. The van der Waals surface area contributed by atoms with Crippen LogP contribution in [0, 0.1) is 0 Å². The Bertz CT molecular complexity index is 345. The second-order valence-electron chi connectivity index (χ2n) is 2.85. The third-order valence-electron chi connectivity index (χ3n) is 1.89. The average Bonchev–Trinajstić information content (AvgIpc) is 2.19. The maximum atomic E-state index is 8.34. The zero-order chi connectivity index (χ0) is 10.4. The topological polar surface area (TPSA) is 58.0 Å². The van der Waals surface area contributed by atoms with Gasteiger partial charge in [-0.3, -0.25) is 0 Å². The molecule has 0 amide bonds. The maximum Gasteiger partial charge on any atom is 0.122 e. The monoisotopic (exact) mass is 191 g/mol. The Morgan fingerprint density at radius 3 is 2.86 bits per heavy atom. The molecule has 0 radical (unpaired) electrons. The lowest BCUT2D eigenvalue weighted by atomic mass is 10.1. The smallest absolute Gasteiger partial charge is 0.122 e. The van der Waals surface area contributed by atoms with Crippen molar-refractivity contribution in [2.75, 3.05) is 6.61 Å². The summed E-state index contributed by atoms with van der Waals surface area (Å²) >= 11 is 0. The van der Waals surface area contributed by atoms with Gasteiger partial charge in [0.05, 0.1) is 12.6 Å². The van der Waals surface area contributed by atoms with Crippen molar-refractivity contribution < 1.29 is 4.74 Å². The molecule has 0 fully saturated rings. The summed E-state index contributed by atoms with van der Waals surface area (Å²) in [6, 6.07) is 7.40. The Morgan fingerprint density at radius 1 is 1.50 bits per heavy atom. The fraction of sp³-hybridized carbons (Fsp3) is 0.400. The van der Waals surface area contributed by atoms with Gasteiger partial charge in [0.2, 0.25) is 0 Å². The zero-order valence-corrected chi connectivity index (χ0v) is 8.34. The molecule has 1 rings (SSSR count). The molecule has 0 heterocycles. The van der Waals surface area contributed by atoms with Gasteiger partial charge in [-0.1, -0.05) is 30.2 Å². The van der Waals surface area contributed by atoms with Crippen molar-refractivity contribution in [3.8, 4) is 5.75 Å². The molecule has 4 nitrogen and oxygen atoms in total. The second-order valence-corrected chi connectivity index (χ2v) is 2.85. The minimum Gasteiger partial charge on any atom is -0.494 e. The zero-order valence-electron chi connectivity index (χ0n) is 8.34. The van der Waals surface area contributed by atoms with Gasteiger partial charge in [-0.2, -0.15) is 0 Å². The van der Waals surface area contributed by atoms with E-state index in [2.05, 4.69) is 10.0 Å². The van der Waals surface area contributed by atoms with Crippen LogP contribution in [0.1, 0.15) is 25.5 Å². The maximum absolute atomic E-state index is 8.34. The Labute approximate surface area is 83.1 Å². The van der Waals surface area contributed by atoms with Crippen LogP contribution in [0.2, 0.25) is 0 Å². The fourth-order valence-electron chi connectivity index (χ4n) is 1.25. The van der Waals surface area contributed by atoms with Crippen LogP contribution in [-0.4, -0.2) is 6.61 Å². The third kappa shape index (κ3) is 2.41. The lowest BCUT2D eigenvalue weighted by Crippen LogP contribution is -1.97. The summed E-state index contributed by atoms with van der Waals surface area (Å²) < 4.78 is 5.42. The molecule has 4 heteroatoms. The number of azide groups is 1. The first-order valence-corrected chi connectivity index (χ1v) is 4.55. The number of hydrogen-bond acceptors (Lipinski definition) is 2. The summed E-state index contributed by atoms with van der Waals surface area (Å²) in [4.78, 5) is 2.78. The van der Waals surface area contributed by atoms with Crippen molar-refractivity contribution in [1.82, 2.24) is 0 Å². The Hall–Kier alpha value is -1.67. The summed E-state index contributed by atoms with van der Waals surface area (Å²) in [5, 5.41) is 3.64. The molecule has 0 saturated heterocycles. The second kappa shape index (κ2) is 5.14. The lowest BCUT2D eigenvalue weighted by Gasteiger charge is -2.11. The average molecular weight is 191 g/mol. The van der Waals surface area contributed by atoms with Crippen LogP contribution >= 0.6 is 0 Å². The van der Waals surface area contributed by atoms with Crippen molar-refractivity contribution >= 4 is 0 Å². The Balaban J connectivity index is 2.99. The van der Waals surface area contributed by atoms with Crippen LogP contribution in [0.3, 0.4) is 0 Å². The van der Waals surface area contributed by atoms with Crippen LogP contribution in [0.25, 0.3) is 10.4 Å². The standard InChI is InChI=1S/C10H13N3O/c1-3-14-10-7-5-4-6-9(10)8(2)12-13-11/h4-8H,3H2,1-2H3/t8-/m0/s1. The van der Waals surface area contributed by atoms with Gasteiger partial charge in [0.1, 0.15) is 5.75 Å². The minimum absolute atomic E-state index is 0.192. The summed E-state index contributed by atoms with van der Waals surface area (Å²) in [5.41, 5.74) is 9.26. The molecule has 0 aliphatic carbocycles. The van der Waals surface area contributed by atoms with Gasteiger partial charge in [-0.05, 0) is 18.5 Å². The minimum atomic E-state index is -0.192. The first-order chi connectivity index (χ1) is 6.79. The summed E-state index contributed by atoms with van der Waals surface area (Å²) in [7, 11) is 0. The van der Waals surface area contributed by atoms with Crippen LogP contribution in [0.4, 0.5) is 0 Å². The van der Waals surface area contributed by atoms with Crippen LogP contribution in [0.15, 0.2) is 29.4 Å². The Morgan fingerprint density at radius 2 is 2.21 bits per heavy atom. The Kier molecular flexibility index (Phi) is 3.83. The van der Waals surface area contributed by atoms with E-state index in [1.165, 1.54) is 0 Å². The van der Waals surface area contributed by atoms with Gasteiger partial charge < -0.3 is 4.74 Å². The number of nitrogens with zero attached hydrogens (tertiary/aromatic N) is 3. The van der Waals surface area contributed by atoms with Crippen LogP contribution < -0.4 is 4.74 Å². The van der Waals surface area contributed by atoms with Gasteiger partial charge >= 0.3 is 0 Å². The van der Waals surface area contributed by atoms with Crippen molar-refractivity contribution in [3.63, 3.8) is 0 Å². The molecular weight excluding hydrogens is 178 g/mol. The van der Waals surface area contributed by atoms with Gasteiger partial charge in [-0.15, -0.1) is 0 Å². The molecule has 0 aliphatic rings. The van der Waals surface area contributed by atoms with E-state index >= 15 is 0 Å². The van der Waals surface area contributed by atoms with E-state index in [1.807, 2.05) is 38.1 Å². The number of ether oxygens (including phenoxy) is 1. The highest BCUT2D eigenvalue weighted by molar-refractivity contribution is 5.35. The normalized spacial score (nSPS) is 11.6. The summed E-state index contributed by atoms with van der Waals surface area (Å²) in [6.45, 7) is 4.38. The highest BCUT2D eigenvalue weighted by atomic mass is 16.5. The van der Waals surface area contributed by atoms with E-state index in [4.69, 9.17) is 10.3 Å². The first kappa shape index (κ1) is 10.4. The molecule has 0 N–H and O–H groups in total. The molecule has 1 atom stereocenters. The molecule has 74 valence electrons. The third-order valence-corrected chi connectivity index (χ3v) is 1.89. The van der Waals surface area contributed by atoms with Crippen LogP contribution in [0.5, 0.6) is 5.75 Å². The van der Waals surface area contributed by atoms with Crippen molar-refractivity contribution in [2.24, 2.45) is 5.11 Å². The molecule has 1 aromatic rings. The van der Waals surface area contributed by atoms with Crippen molar-refractivity contribution in [2.45, 2.75) is 19.9 Å². The van der Waals surface area contributed by atoms with Gasteiger partial charge in [0.15, 0.2) is 0 Å². The SMILES string of the molecule is CCOc1ccccc1[C@H](C)N=[N+]=[N-]. The number of benzene rings is 1. The van der Waals surface area contributed by atoms with E-state index in [9.17, 15) is 0 Å². The lowest BCUT2D eigenvalue weighted by molar-refractivity contribution is 0.335. The number of rotatable bonds is 4. The number of hydrogen-bond donors (Lipinski definition) is 0. The van der Waals surface area contributed by atoms with Gasteiger partial charge in [0, 0.05) is 10.5 Å². The van der Waals surface area contributed by atoms with Gasteiger partial charge in [-0.25, -0.2) is 0 Å². The molecule has 0 saturated carbocycles. The quantitative estimate of drug-likeness (QED) is 0.408. The van der Waals surface area contributed by atoms with Crippen molar-refractivity contribution in [1.29, 1.82) is 0 Å². The summed E-state index contributed by atoms with van der Waals surface area (Å²) in [6.07, 6.45) is 0. The van der Waals surface area contributed by atoms with E-state index in [0.717, 1.165) is 11.3 Å². The highest BCUT2D eigenvalue weighted by Crippen LogP contribution is 2.27. The largest absolute Gasteiger partial charge is 0.494 e. The number of para-hydroxylation sites is 1. The molecule has 0 unspecified atom stereocenters. The molecule has 0 bridgehead atoms. The molecule has 0 aliphatic heterocycles. The predicted molar refractivity (Wildman–Crippen MR) is 55.2 cm³/mol. The molecule has 14 heavy (non-hydrogen) atoms.